The lowest BCUT2D eigenvalue weighted by Crippen LogP contribution is -2.33. The van der Waals surface area contributed by atoms with Crippen LogP contribution >= 0.6 is 11.6 Å². The van der Waals surface area contributed by atoms with Crippen molar-refractivity contribution in [2.24, 2.45) is 0 Å². The number of hydrogen-bond donors (Lipinski definition) is 2. The molecule has 0 aliphatic carbocycles. The van der Waals surface area contributed by atoms with Gasteiger partial charge in [0.15, 0.2) is 0 Å². The number of carbonyl (C=O) groups is 2. The number of nitrogens with one attached hydrogen (secondary N) is 1. The van der Waals surface area contributed by atoms with E-state index in [4.69, 9.17) is 21.4 Å². The molecule has 0 saturated heterocycles. The number of carboxylic acid groups (broad SMARTS) is 1. The Kier molecular flexibility index (Phi) is 5.59. The van der Waals surface area contributed by atoms with Crippen LogP contribution in [0.1, 0.15) is 0 Å². The summed E-state index contributed by atoms with van der Waals surface area (Å²) >= 11 is 5.84. The van der Waals surface area contributed by atoms with E-state index < -0.39 is 5.97 Å². The van der Waals surface area contributed by atoms with Crippen molar-refractivity contribution in [1.29, 1.82) is 0 Å². The average molecular weight is 287 g/mol. The topological polar surface area (TPSA) is 78.9 Å². The van der Waals surface area contributed by atoms with Crippen LogP contribution in [-0.4, -0.2) is 49.1 Å². The molecule has 1 amide bonds. The second-order valence-corrected chi connectivity index (χ2v) is 4.40. The van der Waals surface area contributed by atoms with Crippen LogP contribution < -0.4 is 10.1 Å². The highest BCUT2D eigenvalue weighted by Gasteiger charge is 2.12. The molecule has 0 fully saturated rings. The summed E-state index contributed by atoms with van der Waals surface area (Å²) in [6.07, 6.45) is 0. The molecule has 104 valence electrons. The van der Waals surface area contributed by atoms with Gasteiger partial charge in [-0.2, -0.15) is 0 Å². The number of halogens is 1. The molecule has 1 rings (SSSR count). The Hall–Kier alpha value is -1.79. The Labute approximate surface area is 115 Å². The molecule has 0 atom stereocenters. The first-order chi connectivity index (χ1) is 8.92. The smallest absolute Gasteiger partial charge is 0.317 e. The molecule has 19 heavy (non-hydrogen) atoms. The second kappa shape index (κ2) is 6.96. The minimum absolute atomic E-state index is 0.0397. The number of hydrogen-bond acceptors (Lipinski definition) is 4. The summed E-state index contributed by atoms with van der Waals surface area (Å²) in [5, 5.41) is 11.7. The van der Waals surface area contributed by atoms with E-state index >= 15 is 0 Å². The summed E-state index contributed by atoms with van der Waals surface area (Å²) in [6, 6.07) is 4.85. The Morgan fingerprint density at radius 2 is 2.11 bits per heavy atom. The van der Waals surface area contributed by atoms with E-state index in [1.54, 1.807) is 25.2 Å². The lowest BCUT2D eigenvalue weighted by molar-refractivity contribution is -0.138. The Morgan fingerprint density at radius 3 is 2.68 bits per heavy atom. The van der Waals surface area contributed by atoms with Crippen molar-refractivity contribution in [3.05, 3.63) is 23.2 Å². The van der Waals surface area contributed by atoms with Gasteiger partial charge in [-0.15, -0.1) is 0 Å². The molecule has 0 aliphatic rings. The molecule has 0 saturated carbocycles. The minimum Gasteiger partial charge on any atom is -0.495 e. The number of carboxylic acids is 1. The van der Waals surface area contributed by atoms with Crippen LogP contribution in [0, 0.1) is 0 Å². The predicted molar refractivity (Wildman–Crippen MR) is 71.8 cm³/mol. The van der Waals surface area contributed by atoms with Crippen LogP contribution in [0.3, 0.4) is 0 Å². The van der Waals surface area contributed by atoms with Crippen LogP contribution in [0.4, 0.5) is 5.69 Å². The lowest BCUT2D eigenvalue weighted by atomic mass is 10.3. The monoisotopic (exact) mass is 286 g/mol. The number of benzene rings is 1. The van der Waals surface area contributed by atoms with E-state index in [-0.39, 0.29) is 19.0 Å². The number of nitrogens with zero attached hydrogens (tertiary/aromatic N) is 1. The van der Waals surface area contributed by atoms with E-state index in [2.05, 4.69) is 5.32 Å². The van der Waals surface area contributed by atoms with Gasteiger partial charge in [0.2, 0.25) is 5.91 Å². The van der Waals surface area contributed by atoms with Crippen molar-refractivity contribution in [3.8, 4) is 5.75 Å². The summed E-state index contributed by atoms with van der Waals surface area (Å²) in [5.41, 5.74) is 0.448. The molecule has 1 aromatic rings. The maximum Gasteiger partial charge on any atom is 0.317 e. The van der Waals surface area contributed by atoms with E-state index in [1.165, 1.54) is 12.0 Å². The van der Waals surface area contributed by atoms with Crippen molar-refractivity contribution in [3.63, 3.8) is 0 Å². The molecule has 1 aromatic carbocycles. The summed E-state index contributed by atoms with van der Waals surface area (Å²) in [6.45, 7) is -0.248. The SMILES string of the molecule is COc1ccc(Cl)cc1NC(=O)CN(C)CC(=O)O. The molecule has 7 heteroatoms. The van der Waals surface area contributed by atoms with Crippen LogP contribution in [-0.2, 0) is 9.59 Å². The van der Waals surface area contributed by atoms with Crippen molar-refractivity contribution < 1.29 is 19.4 Å². The van der Waals surface area contributed by atoms with Gasteiger partial charge in [-0.3, -0.25) is 14.5 Å². The number of methoxy groups -OCH3 is 1. The van der Waals surface area contributed by atoms with E-state index in [1.807, 2.05) is 0 Å². The molecule has 6 nitrogen and oxygen atoms in total. The van der Waals surface area contributed by atoms with Gasteiger partial charge in [-0.25, -0.2) is 0 Å². The number of amides is 1. The number of carbonyl (C=O) groups excluding carboxylic acids is 1. The Bertz CT molecular complexity index is 479. The number of anilines is 1. The average Bonchev–Trinajstić information content (AvgIpc) is 2.27. The first kappa shape index (κ1) is 15.3. The molecule has 0 heterocycles. The molecule has 2 N–H and O–H groups in total. The van der Waals surface area contributed by atoms with E-state index in [0.717, 1.165) is 0 Å². The molecule has 0 unspecified atom stereocenters. The zero-order valence-electron chi connectivity index (χ0n) is 10.6. The third-order valence-electron chi connectivity index (χ3n) is 2.25. The van der Waals surface area contributed by atoms with Crippen LogP contribution in [0.15, 0.2) is 18.2 Å². The zero-order chi connectivity index (χ0) is 14.4. The zero-order valence-corrected chi connectivity index (χ0v) is 11.4. The maximum absolute atomic E-state index is 11.7. The summed E-state index contributed by atoms with van der Waals surface area (Å²) < 4.78 is 5.09. The van der Waals surface area contributed by atoms with Gasteiger partial charge in [-0.1, -0.05) is 11.6 Å². The molecule has 0 aliphatic heterocycles. The fourth-order valence-electron chi connectivity index (χ4n) is 1.50. The molecule has 0 spiro atoms. The highest BCUT2D eigenvalue weighted by Crippen LogP contribution is 2.27. The summed E-state index contributed by atoms with van der Waals surface area (Å²) in [7, 11) is 3.03. The molecule has 0 aromatic heterocycles. The van der Waals surface area contributed by atoms with E-state index in [0.29, 0.717) is 16.5 Å². The van der Waals surface area contributed by atoms with Crippen LogP contribution in [0.5, 0.6) is 5.75 Å². The van der Waals surface area contributed by atoms with E-state index in [9.17, 15) is 9.59 Å². The normalized spacial score (nSPS) is 10.3. The lowest BCUT2D eigenvalue weighted by Gasteiger charge is -2.15. The first-order valence-electron chi connectivity index (χ1n) is 5.46. The number of rotatable bonds is 6. The quantitative estimate of drug-likeness (QED) is 0.824. The highest BCUT2D eigenvalue weighted by molar-refractivity contribution is 6.31. The van der Waals surface area contributed by atoms with Crippen molar-refractivity contribution >= 4 is 29.2 Å². The summed E-state index contributed by atoms with van der Waals surface area (Å²) in [4.78, 5) is 23.6. The Morgan fingerprint density at radius 1 is 1.42 bits per heavy atom. The van der Waals surface area contributed by atoms with Gasteiger partial charge < -0.3 is 15.2 Å². The van der Waals surface area contributed by atoms with Crippen LogP contribution in [0.2, 0.25) is 5.02 Å². The first-order valence-corrected chi connectivity index (χ1v) is 5.84. The van der Waals surface area contributed by atoms with Gasteiger partial charge in [0, 0.05) is 5.02 Å². The molecule has 0 radical (unpaired) electrons. The number of aliphatic carboxylic acids is 1. The fraction of sp³-hybridized carbons (Fsp3) is 0.333. The third-order valence-corrected chi connectivity index (χ3v) is 2.49. The minimum atomic E-state index is -0.990. The summed E-state index contributed by atoms with van der Waals surface area (Å²) in [5.74, 6) is -0.849. The largest absolute Gasteiger partial charge is 0.495 e. The van der Waals surface area contributed by atoms with Gasteiger partial charge in [0.05, 0.1) is 25.9 Å². The van der Waals surface area contributed by atoms with Crippen molar-refractivity contribution in [1.82, 2.24) is 4.90 Å². The third kappa shape index (κ3) is 5.15. The number of likely N-dealkylation sites (N-methyl/N-ethyl adjacent to an activating group) is 1. The molecule has 0 bridgehead atoms. The van der Waals surface area contributed by atoms with Gasteiger partial charge in [-0.05, 0) is 25.2 Å². The van der Waals surface area contributed by atoms with Gasteiger partial charge in [0.25, 0.3) is 0 Å². The number of ether oxygens (including phenoxy) is 1. The second-order valence-electron chi connectivity index (χ2n) is 3.96. The molecular formula is C12H15ClN2O4. The van der Waals surface area contributed by atoms with Crippen LogP contribution in [0.25, 0.3) is 0 Å². The maximum atomic E-state index is 11.7. The van der Waals surface area contributed by atoms with Crippen molar-refractivity contribution in [2.45, 2.75) is 0 Å². The highest BCUT2D eigenvalue weighted by atomic mass is 35.5. The van der Waals surface area contributed by atoms with Crippen molar-refractivity contribution in [2.75, 3.05) is 32.6 Å². The predicted octanol–water partition coefficient (Wildman–Crippen LogP) is 1.30. The van der Waals surface area contributed by atoms with Gasteiger partial charge >= 0.3 is 5.97 Å². The fourth-order valence-corrected chi connectivity index (χ4v) is 1.67. The standard InChI is InChI=1S/C12H15ClN2O4/c1-15(7-12(17)18)6-11(16)14-9-5-8(13)3-4-10(9)19-2/h3-5H,6-7H2,1-2H3,(H,14,16)(H,17,18). The van der Waals surface area contributed by atoms with Gasteiger partial charge in [0.1, 0.15) is 5.75 Å². The molecular weight excluding hydrogens is 272 g/mol. The Balaban J connectivity index is 2.66.